The summed E-state index contributed by atoms with van der Waals surface area (Å²) in [6.07, 6.45) is 3.22. The Balaban J connectivity index is 1.97. The maximum absolute atomic E-state index is 10.8. The van der Waals surface area contributed by atoms with Gasteiger partial charge >= 0.3 is 5.97 Å². The summed E-state index contributed by atoms with van der Waals surface area (Å²) in [6.45, 7) is -0.0154. The van der Waals surface area contributed by atoms with Crippen LogP contribution in [0, 0.1) is 11.8 Å². The summed E-state index contributed by atoms with van der Waals surface area (Å²) in [5.74, 6) is -0.0243. The zero-order valence-corrected chi connectivity index (χ0v) is 10.5. The molecule has 1 aliphatic carbocycles. The van der Waals surface area contributed by atoms with Gasteiger partial charge in [-0.3, -0.25) is 4.79 Å². The molecule has 0 aromatic heterocycles. The number of benzene rings is 1. The van der Waals surface area contributed by atoms with Gasteiger partial charge in [0.05, 0.1) is 6.42 Å². The number of aliphatic carboxylic acids is 1. The van der Waals surface area contributed by atoms with Crippen molar-refractivity contribution in [2.75, 3.05) is 6.61 Å². The number of rotatable bonds is 5. The van der Waals surface area contributed by atoms with Crippen LogP contribution in [0.2, 0.25) is 0 Å². The molecule has 0 spiro atoms. The molecule has 3 nitrogen and oxygen atoms in total. The van der Waals surface area contributed by atoms with Crippen LogP contribution in [0.1, 0.15) is 37.2 Å². The third-order valence-electron chi connectivity index (χ3n) is 4.08. The molecule has 2 rings (SSSR count). The standard InChI is InChI=1S/C15H20O3/c16-10-14(9-15(17)18)13-7-6-12(8-13)11-4-2-1-3-5-11/h1-5,12-14,16H,6-10H2,(H,17,18)/t12-,13-,14?/m0/s1. The molecule has 0 aliphatic heterocycles. The van der Waals surface area contributed by atoms with Crippen LogP contribution < -0.4 is 0 Å². The van der Waals surface area contributed by atoms with E-state index in [1.807, 2.05) is 18.2 Å². The minimum absolute atomic E-state index is 0.0154. The number of carboxylic acids is 1. The minimum atomic E-state index is -0.808. The van der Waals surface area contributed by atoms with E-state index in [0.717, 1.165) is 19.3 Å². The van der Waals surface area contributed by atoms with Crippen molar-refractivity contribution < 1.29 is 15.0 Å². The molecule has 1 aromatic rings. The van der Waals surface area contributed by atoms with Crippen molar-refractivity contribution in [3.8, 4) is 0 Å². The fraction of sp³-hybridized carbons (Fsp3) is 0.533. The lowest BCUT2D eigenvalue weighted by Crippen LogP contribution is -2.20. The first kappa shape index (κ1) is 13.1. The third kappa shape index (κ3) is 3.10. The SMILES string of the molecule is O=C(O)CC(CO)[C@H]1CC[C@H](c2ccccc2)C1. The van der Waals surface area contributed by atoms with E-state index >= 15 is 0 Å². The zero-order chi connectivity index (χ0) is 13.0. The Morgan fingerprint density at radius 2 is 2.00 bits per heavy atom. The average Bonchev–Trinajstić information content (AvgIpc) is 2.86. The molecule has 0 saturated heterocycles. The Hall–Kier alpha value is -1.35. The van der Waals surface area contributed by atoms with Gasteiger partial charge < -0.3 is 10.2 Å². The highest BCUT2D eigenvalue weighted by Gasteiger charge is 2.32. The molecule has 1 aromatic carbocycles. The Morgan fingerprint density at radius 1 is 1.28 bits per heavy atom. The van der Waals surface area contributed by atoms with Crippen LogP contribution in [-0.2, 0) is 4.79 Å². The normalized spacial score (nSPS) is 24.9. The molecule has 3 heteroatoms. The van der Waals surface area contributed by atoms with Gasteiger partial charge in [0.1, 0.15) is 0 Å². The van der Waals surface area contributed by atoms with E-state index in [9.17, 15) is 9.90 Å². The Kier molecular flexibility index (Phi) is 4.37. The van der Waals surface area contributed by atoms with Crippen molar-refractivity contribution in [1.29, 1.82) is 0 Å². The predicted molar refractivity (Wildman–Crippen MR) is 69.4 cm³/mol. The third-order valence-corrected chi connectivity index (χ3v) is 4.08. The maximum Gasteiger partial charge on any atom is 0.303 e. The molecular formula is C15H20O3. The van der Waals surface area contributed by atoms with Crippen LogP contribution in [-0.4, -0.2) is 22.8 Å². The molecule has 1 aliphatic rings. The van der Waals surface area contributed by atoms with Crippen LogP contribution in [0.25, 0.3) is 0 Å². The molecule has 1 fully saturated rings. The smallest absolute Gasteiger partial charge is 0.303 e. The quantitative estimate of drug-likeness (QED) is 0.842. The van der Waals surface area contributed by atoms with Gasteiger partial charge in [0.25, 0.3) is 0 Å². The van der Waals surface area contributed by atoms with Crippen molar-refractivity contribution in [2.45, 2.75) is 31.6 Å². The first-order valence-corrected chi connectivity index (χ1v) is 6.58. The molecule has 18 heavy (non-hydrogen) atoms. The summed E-state index contributed by atoms with van der Waals surface area (Å²) in [7, 11) is 0. The Bertz CT molecular complexity index is 388. The molecule has 0 heterocycles. The molecule has 0 amide bonds. The Labute approximate surface area is 107 Å². The second-order valence-corrected chi connectivity index (χ2v) is 5.22. The Morgan fingerprint density at radius 3 is 2.61 bits per heavy atom. The summed E-state index contributed by atoms with van der Waals surface area (Å²) < 4.78 is 0. The molecule has 2 N–H and O–H groups in total. The molecule has 1 unspecified atom stereocenters. The second kappa shape index (κ2) is 6.01. The van der Waals surface area contributed by atoms with Crippen molar-refractivity contribution in [2.24, 2.45) is 11.8 Å². The predicted octanol–water partition coefficient (Wildman–Crippen LogP) is 2.65. The maximum atomic E-state index is 10.8. The van der Waals surface area contributed by atoms with E-state index in [4.69, 9.17) is 5.11 Å². The molecule has 98 valence electrons. The summed E-state index contributed by atoms with van der Waals surface area (Å²) in [5, 5.41) is 18.2. The number of carboxylic acid groups (broad SMARTS) is 1. The number of hydrogen-bond acceptors (Lipinski definition) is 2. The number of hydrogen-bond donors (Lipinski definition) is 2. The molecule has 0 bridgehead atoms. The lowest BCUT2D eigenvalue weighted by Gasteiger charge is -2.19. The van der Waals surface area contributed by atoms with Crippen LogP contribution in [0.15, 0.2) is 30.3 Å². The van der Waals surface area contributed by atoms with E-state index in [2.05, 4.69) is 12.1 Å². The topological polar surface area (TPSA) is 57.5 Å². The zero-order valence-electron chi connectivity index (χ0n) is 10.5. The van der Waals surface area contributed by atoms with Crippen LogP contribution >= 0.6 is 0 Å². The highest BCUT2D eigenvalue weighted by molar-refractivity contribution is 5.67. The van der Waals surface area contributed by atoms with Crippen LogP contribution in [0.3, 0.4) is 0 Å². The van der Waals surface area contributed by atoms with Gasteiger partial charge in [-0.25, -0.2) is 0 Å². The highest BCUT2D eigenvalue weighted by atomic mass is 16.4. The van der Waals surface area contributed by atoms with E-state index in [1.165, 1.54) is 5.56 Å². The fourth-order valence-electron chi connectivity index (χ4n) is 3.08. The van der Waals surface area contributed by atoms with E-state index < -0.39 is 5.97 Å². The average molecular weight is 248 g/mol. The van der Waals surface area contributed by atoms with Gasteiger partial charge in [0.15, 0.2) is 0 Å². The van der Waals surface area contributed by atoms with Crippen molar-refractivity contribution >= 4 is 5.97 Å². The summed E-state index contributed by atoms with van der Waals surface area (Å²) in [6, 6.07) is 10.4. The van der Waals surface area contributed by atoms with Gasteiger partial charge in [-0.1, -0.05) is 30.3 Å². The lowest BCUT2D eigenvalue weighted by atomic mass is 9.87. The molecule has 3 atom stereocenters. The second-order valence-electron chi connectivity index (χ2n) is 5.22. The molecular weight excluding hydrogens is 228 g/mol. The van der Waals surface area contributed by atoms with Gasteiger partial charge in [-0.15, -0.1) is 0 Å². The van der Waals surface area contributed by atoms with Crippen molar-refractivity contribution in [3.05, 3.63) is 35.9 Å². The summed E-state index contributed by atoms with van der Waals surface area (Å²) in [4.78, 5) is 10.8. The summed E-state index contributed by atoms with van der Waals surface area (Å²) >= 11 is 0. The molecule has 1 saturated carbocycles. The largest absolute Gasteiger partial charge is 0.481 e. The van der Waals surface area contributed by atoms with E-state index in [0.29, 0.717) is 11.8 Å². The molecule has 0 radical (unpaired) electrons. The number of carbonyl (C=O) groups is 1. The van der Waals surface area contributed by atoms with Gasteiger partial charge in [-0.05, 0) is 42.6 Å². The minimum Gasteiger partial charge on any atom is -0.481 e. The van der Waals surface area contributed by atoms with Gasteiger partial charge in [-0.2, -0.15) is 0 Å². The summed E-state index contributed by atoms with van der Waals surface area (Å²) in [5.41, 5.74) is 1.34. The van der Waals surface area contributed by atoms with Gasteiger partial charge in [0, 0.05) is 6.61 Å². The lowest BCUT2D eigenvalue weighted by molar-refractivity contribution is -0.139. The fourth-order valence-corrected chi connectivity index (χ4v) is 3.08. The van der Waals surface area contributed by atoms with E-state index in [-0.39, 0.29) is 18.9 Å². The van der Waals surface area contributed by atoms with Gasteiger partial charge in [0.2, 0.25) is 0 Å². The highest BCUT2D eigenvalue weighted by Crippen LogP contribution is 2.42. The number of aliphatic hydroxyl groups is 1. The monoisotopic (exact) mass is 248 g/mol. The van der Waals surface area contributed by atoms with Crippen LogP contribution in [0.5, 0.6) is 0 Å². The van der Waals surface area contributed by atoms with E-state index in [1.54, 1.807) is 0 Å². The first-order chi connectivity index (χ1) is 8.70. The van der Waals surface area contributed by atoms with Crippen LogP contribution in [0.4, 0.5) is 0 Å². The first-order valence-electron chi connectivity index (χ1n) is 6.58. The van der Waals surface area contributed by atoms with Crippen molar-refractivity contribution in [3.63, 3.8) is 0 Å². The van der Waals surface area contributed by atoms with Crippen molar-refractivity contribution in [1.82, 2.24) is 0 Å². The number of aliphatic hydroxyl groups excluding tert-OH is 1.